The Hall–Kier alpha value is -3.49. The Morgan fingerprint density at radius 1 is 1.31 bits per heavy atom. The maximum atomic E-state index is 11.6. The van der Waals surface area contributed by atoms with Gasteiger partial charge in [-0.15, -0.1) is 0 Å². The highest BCUT2D eigenvalue weighted by atomic mass is 16.1. The molecule has 148 valence electrons. The lowest BCUT2D eigenvalue weighted by Gasteiger charge is -2.45. The van der Waals surface area contributed by atoms with Crippen LogP contribution < -0.4 is 10.6 Å². The van der Waals surface area contributed by atoms with Crippen molar-refractivity contribution in [3.05, 3.63) is 37.2 Å². The normalized spacial score (nSPS) is 21.2. The number of hydrogen-bond acceptors (Lipinski definition) is 6. The number of fused-ring (bicyclic) bond motifs is 2. The Balaban J connectivity index is 1.33. The molecule has 1 aliphatic rings. The van der Waals surface area contributed by atoms with Crippen molar-refractivity contribution in [1.82, 2.24) is 34.6 Å². The van der Waals surface area contributed by atoms with E-state index in [4.69, 9.17) is 0 Å². The highest BCUT2D eigenvalue weighted by Gasteiger charge is 2.41. The Bertz CT molecular complexity index is 1200. The molecule has 0 atom stereocenters. The van der Waals surface area contributed by atoms with E-state index in [2.05, 4.69) is 42.5 Å². The Labute approximate surface area is 167 Å². The molecule has 0 spiro atoms. The minimum Gasteiger partial charge on any atom is -0.351 e. The molecule has 29 heavy (non-hydrogen) atoms. The van der Waals surface area contributed by atoms with Crippen LogP contribution in [0.5, 0.6) is 0 Å². The van der Waals surface area contributed by atoms with Gasteiger partial charge in [0.25, 0.3) is 0 Å². The first kappa shape index (κ1) is 17.6. The van der Waals surface area contributed by atoms with Gasteiger partial charge in [-0.3, -0.25) is 9.20 Å². The summed E-state index contributed by atoms with van der Waals surface area (Å²) in [5.74, 6) is 1.34. The molecule has 3 N–H and O–H groups in total. The fourth-order valence-corrected chi connectivity index (χ4v) is 4.01. The van der Waals surface area contributed by atoms with Crippen molar-refractivity contribution < 1.29 is 4.79 Å². The standard InChI is InChI=1S/C20H22N8O/c1-3-16(29)27-20(2)6-13(7-20)25-18-23-10-15-14(9-22-17(15)26-18)12-8-24-19-21-4-5-28(19)11-12/h4-5,8-11,13H,3,6-7H2,1-2H3,(H,27,29)(H2,22,23,25,26)/t13-,20+. The summed E-state index contributed by atoms with van der Waals surface area (Å²) in [5, 5.41) is 7.39. The topological polar surface area (TPSA) is 113 Å². The quantitative estimate of drug-likeness (QED) is 0.483. The number of anilines is 1. The van der Waals surface area contributed by atoms with Gasteiger partial charge in [-0.1, -0.05) is 6.92 Å². The van der Waals surface area contributed by atoms with Crippen molar-refractivity contribution in [1.29, 1.82) is 0 Å². The zero-order chi connectivity index (χ0) is 20.0. The number of imidazole rings is 1. The average Bonchev–Trinajstić information content (AvgIpc) is 3.32. The van der Waals surface area contributed by atoms with Crippen molar-refractivity contribution in [2.24, 2.45) is 0 Å². The maximum Gasteiger partial charge on any atom is 0.233 e. The molecule has 1 fully saturated rings. The third-order valence-electron chi connectivity index (χ3n) is 5.48. The lowest BCUT2D eigenvalue weighted by atomic mass is 9.74. The third-order valence-corrected chi connectivity index (χ3v) is 5.48. The first-order valence-corrected chi connectivity index (χ1v) is 9.74. The van der Waals surface area contributed by atoms with Crippen LogP contribution in [0.25, 0.3) is 27.9 Å². The highest BCUT2D eigenvalue weighted by molar-refractivity contribution is 5.93. The van der Waals surface area contributed by atoms with Crippen LogP contribution >= 0.6 is 0 Å². The number of nitrogens with one attached hydrogen (secondary N) is 3. The van der Waals surface area contributed by atoms with E-state index in [-0.39, 0.29) is 17.5 Å². The Morgan fingerprint density at radius 3 is 3.00 bits per heavy atom. The Morgan fingerprint density at radius 2 is 2.17 bits per heavy atom. The van der Waals surface area contributed by atoms with Gasteiger partial charge in [0, 0.05) is 71.7 Å². The van der Waals surface area contributed by atoms with Gasteiger partial charge in [0.15, 0.2) is 0 Å². The molecule has 9 heteroatoms. The van der Waals surface area contributed by atoms with Crippen molar-refractivity contribution in [2.45, 2.75) is 44.7 Å². The zero-order valence-corrected chi connectivity index (χ0v) is 16.3. The van der Waals surface area contributed by atoms with Gasteiger partial charge in [0.2, 0.25) is 17.6 Å². The van der Waals surface area contributed by atoms with E-state index in [0.717, 1.165) is 35.0 Å². The van der Waals surface area contributed by atoms with E-state index in [0.29, 0.717) is 18.1 Å². The fraction of sp³-hybridized carbons (Fsp3) is 0.350. The molecule has 4 aromatic heterocycles. The summed E-state index contributed by atoms with van der Waals surface area (Å²) >= 11 is 0. The van der Waals surface area contributed by atoms with Crippen LogP contribution in [0.4, 0.5) is 5.95 Å². The van der Waals surface area contributed by atoms with E-state index >= 15 is 0 Å². The second-order valence-corrected chi connectivity index (χ2v) is 7.85. The first-order chi connectivity index (χ1) is 14.0. The zero-order valence-electron chi connectivity index (χ0n) is 16.3. The molecule has 0 saturated heterocycles. The number of aromatic nitrogens is 6. The summed E-state index contributed by atoms with van der Waals surface area (Å²) in [7, 11) is 0. The van der Waals surface area contributed by atoms with Crippen molar-refractivity contribution in [3.63, 3.8) is 0 Å². The molecule has 0 bridgehead atoms. The summed E-state index contributed by atoms with van der Waals surface area (Å²) in [6.07, 6.45) is 13.3. The number of hydrogen-bond donors (Lipinski definition) is 3. The summed E-state index contributed by atoms with van der Waals surface area (Å²) in [5.41, 5.74) is 2.58. The minimum atomic E-state index is -0.145. The van der Waals surface area contributed by atoms with Gasteiger partial charge >= 0.3 is 0 Å². The van der Waals surface area contributed by atoms with E-state index in [1.54, 1.807) is 12.4 Å². The van der Waals surface area contributed by atoms with Crippen LogP contribution in [0.1, 0.15) is 33.1 Å². The third kappa shape index (κ3) is 3.18. The van der Waals surface area contributed by atoms with Crippen molar-refractivity contribution in [2.75, 3.05) is 5.32 Å². The molecule has 5 rings (SSSR count). The number of carbonyl (C=O) groups is 1. The number of nitrogens with zero attached hydrogens (tertiary/aromatic N) is 5. The molecule has 1 saturated carbocycles. The minimum absolute atomic E-state index is 0.0888. The molecule has 1 aliphatic carbocycles. The largest absolute Gasteiger partial charge is 0.351 e. The lowest BCUT2D eigenvalue weighted by Crippen LogP contribution is -2.59. The van der Waals surface area contributed by atoms with E-state index < -0.39 is 0 Å². The summed E-state index contributed by atoms with van der Waals surface area (Å²) < 4.78 is 1.88. The first-order valence-electron chi connectivity index (χ1n) is 9.74. The molecule has 0 unspecified atom stereocenters. The molecule has 4 aromatic rings. The maximum absolute atomic E-state index is 11.6. The summed E-state index contributed by atoms with van der Waals surface area (Å²) in [6, 6.07) is 0.247. The molecule has 4 heterocycles. The number of amides is 1. The van der Waals surface area contributed by atoms with E-state index in [1.807, 2.05) is 36.1 Å². The predicted octanol–water partition coefficient (Wildman–Crippen LogP) is 2.53. The second-order valence-electron chi connectivity index (χ2n) is 7.85. The molecule has 0 aliphatic heterocycles. The molecule has 1 amide bonds. The van der Waals surface area contributed by atoms with Crippen molar-refractivity contribution >= 4 is 28.7 Å². The van der Waals surface area contributed by atoms with Gasteiger partial charge < -0.3 is 15.6 Å². The monoisotopic (exact) mass is 390 g/mol. The molecule has 9 nitrogen and oxygen atoms in total. The number of rotatable bonds is 5. The molecule has 0 radical (unpaired) electrons. The van der Waals surface area contributed by atoms with Crippen molar-refractivity contribution in [3.8, 4) is 11.1 Å². The van der Waals surface area contributed by atoms with Gasteiger partial charge in [0.05, 0.1) is 0 Å². The number of carbonyl (C=O) groups excluding carboxylic acids is 1. The van der Waals surface area contributed by atoms with Crippen LogP contribution in [-0.2, 0) is 4.79 Å². The molecule has 0 aromatic carbocycles. The SMILES string of the molecule is CCC(=O)N[C@]1(C)C[C@H](Nc2ncc3c(-c4cnc5nccn5c4)c[nH]c3n2)C1. The average molecular weight is 390 g/mol. The molecular weight excluding hydrogens is 368 g/mol. The predicted molar refractivity (Wildman–Crippen MR) is 109 cm³/mol. The van der Waals surface area contributed by atoms with Gasteiger partial charge in [-0.05, 0) is 19.8 Å². The van der Waals surface area contributed by atoms with Crippen LogP contribution in [0, 0.1) is 0 Å². The van der Waals surface area contributed by atoms with Gasteiger partial charge in [-0.25, -0.2) is 15.0 Å². The van der Waals surface area contributed by atoms with Crippen LogP contribution in [0.2, 0.25) is 0 Å². The van der Waals surface area contributed by atoms with Crippen LogP contribution in [0.3, 0.4) is 0 Å². The number of H-pyrrole nitrogens is 1. The molecular formula is C20H22N8O. The van der Waals surface area contributed by atoms with Gasteiger partial charge in [-0.2, -0.15) is 4.98 Å². The summed E-state index contributed by atoms with van der Waals surface area (Å²) in [4.78, 5) is 32.5. The lowest BCUT2D eigenvalue weighted by molar-refractivity contribution is -0.123. The van der Waals surface area contributed by atoms with Gasteiger partial charge in [0.1, 0.15) is 5.65 Å². The highest BCUT2D eigenvalue weighted by Crippen LogP contribution is 2.34. The number of aromatic amines is 1. The summed E-state index contributed by atoms with van der Waals surface area (Å²) in [6.45, 7) is 3.94. The Kier molecular flexibility index (Phi) is 3.97. The fourth-order valence-electron chi connectivity index (χ4n) is 4.01. The smallest absolute Gasteiger partial charge is 0.233 e. The van der Waals surface area contributed by atoms with Crippen LogP contribution in [-0.4, -0.2) is 46.8 Å². The second kappa shape index (κ2) is 6.54. The van der Waals surface area contributed by atoms with Crippen LogP contribution in [0.15, 0.2) is 37.2 Å². The van der Waals surface area contributed by atoms with E-state index in [1.165, 1.54) is 0 Å². The van der Waals surface area contributed by atoms with E-state index in [9.17, 15) is 4.79 Å².